The van der Waals surface area contributed by atoms with E-state index in [4.69, 9.17) is 18.6 Å². The summed E-state index contributed by atoms with van der Waals surface area (Å²) in [4.78, 5) is 24.2. The highest BCUT2D eigenvalue weighted by Gasteiger charge is 2.32. The fourth-order valence-corrected chi connectivity index (χ4v) is 2.07. The van der Waals surface area contributed by atoms with Gasteiger partial charge in [-0.2, -0.15) is 0 Å². The number of methoxy groups -OCH3 is 2. The molecule has 0 saturated carbocycles. The van der Waals surface area contributed by atoms with Gasteiger partial charge in [-0.05, 0) is 24.6 Å². The molecule has 1 aromatic carbocycles. The molecular weight excluding hydrogens is 307 g/mol. The van der Waals surface area contributed by atoms with Crippen molar-refractivity contribution in [3.8, 4) is 17.1 Å². The van der Waals surface area contributed by atoms with E-state index < -0.39 is 17.8 Å². The monoisotopic (exact) mass is 322 g/mol. The van der Waals surface area contributed by atoms with Crippen LogP contribution < -0.4 is 4.74 Å². The summed E-state index contributed by atoms with van der Waals surface area (Å²) in [6, 6.07) is 5.22. The van der Waals surface area contributed by atoms with Gasteiger partial charge in [0.15, 0.2) is 5.56 Å². The van der Waals surface area contributed by atoms with E-state index in [9.17, 15) is 14.0 Å². The lowest BCUT2D eigenvalue weighted by molar-refractivity contribution is 0.0483. The Labute approximate surface area is 131 Å². The topological polar surface area (TPSA) is 75.0 Å². The first-order valence-electron chi connectivity index (χ1n) is 6.75. The molecule has 0 bridgehead atoms. The summed E-state index contributed by atoms with van der Waals surface area (Å²) in [5.41, 5.74) is 0.457. The molecule has 0 fully saturated rings. The second-order valence-corrected chi connectivity index (χ2v) is 4.39. The van der Waals surface area contributed by atoms with E-state index in [1.807, 2.05) is 0 Å². The van der Waals surface area contributed by atoms with Crippen LogP contribution >= 0.6 is 0 Å². The maximum absolute atomic E-state index is 13.1. The van der Waals surface area contributed by atoms with E-state index in [-0.39, 0.29) is 29.4 Å². The van der Waals surface area contributed by atoms with Gasteiger partial charge in [-0.15, -0.1) is 0 Å². The molecule has 1 aromatic heterocycles. The highest BCUT2D eigenvalue weighted by Crippen LogP contribution is 2.38. The summed E-state index contributed by atoms with van der Waals surface area (Å²) in [5.74, 6) is -2.36. The lowest BCUT2D eigenvalue weighted by Crippen LogP contribution is -2.07. The summed E-state index contributed by atoms with van der Waals surface area (Å²) in [6.07, 6.45) is 0. The first kappa shape index (κ1) is 16.5. The number of hydrogen-bond donors (Lipinski definition) is 0. The number of halogens is 1. The van der Waals surface area contributed by atoms with Crippen LogP contribution in [0.1, 0.15) is 27.8 Å². The molecule has 0 aliphatic heterocycles. The van der Waals surface area contributed by atoms with E-state index in [0.717, 1.165) is 0 Å². The third-order valence-corrected chi connectivity index (χ3v) is 3.04. The van der Waals surface area contributed by atoms with Gasteiger partial charge in [0.1, 0.15) is 5.82 Å². The van der Waals surface area contributed by atoms with E-state index in [2.05, 4.69) is 0 Å². The standard InChI is InChI=1S/C16H15FO6/c1-4-22-15(19)13-11(9-5-7-10(17)8-6-9)12(14(18)20-2)16(21-3)23-13/h5-8H,4H2,1-3H3. The molecule has 0 aliphatic rings. The Morgan fingerprint density at radius 3 is 2.30 bits per heavy atom. The first-order valence-corrected chi connectivity index (χ1v) is 6.75. The van der Waals surface area contributed by atoms with Crippen LogP contribution in [0.15, 0.2) is 28.7 Å². The van der Waals surface area contributed by atoms with Gasteiger partial charge in [0, 0.05) is 0 Å². The van der Waals surface area contributed by atoms with E-state index in [0.29, 0.717) is 5.56 Å². The minimum Gasteiger partial charge on any atom is -0.468 e. The SMILES string of the molecule is CCOC(=O)c1oc(OC)c(C(=O)OC)c1-c1ccc(F)cc1. The average molecular weight is 322 g/mol. The summed E-state index contributed by atoms with van der Waals surface area (Å²) < 4.78 is 33.1. The Kier molecular flexibility index (Phi) is 5.00. The number of carbonyl (C=O) groups excluding carboxylic acids is 2. The number of hydrogen-bond acceptors (Lipinski definition) is 6. The van der Waals surface area contributed by atoms with E-state index in [1.165, 1.54) is 38.5 Å². The fraction of sp³-hybridized carbons (Fsp3) is 0.250. The zero-order chi connectivity index (χ0) is 17.0. The molecule has 0 unspecified atom stereocenters. The maximum atomic E-state index is 13.1. The molecule has 0 atom stereocenters. The van der Waals surface area contributed by atoms with Gasteiger partial charge >= 0.3 is 17.9 Å². The largest absolute Gasteiger partial charge is 0.468 e. The van der Waals surface area contributed by atoms with Crippen molar-refractivity contribution in [3.05, 3.63) is 41.4 Å². The van der Waals surface area contributed by atoms with Crippen molar-refractivity contribution >= 4 is 11.9 Å². The van der Waals surface area contributed by atoms with Crippen LogP contribution in [0.5, 0.6) is 5.95 Å². The normalized spacial score (nSPS) is 10.3. The minimum atomic E-state index is -0.764. The minimum absolute atomic E-state index is 0.0651. The molecule has 122 valence electrons. The number of furan rings is 1. The van der Waals surface area contributed by atoms with Gasteiger partial charge < -0.3 is 18.6 Å². The molecule has 0 saturated heterocycles. The van der Waals surface area contributed by atoms with Gasteiger partial charge in [0.2, 0.25) is 5.76 Å². The van der Waals surface area contributed by atoms with Crippen molar-refractivity contribution < 1.29 is 32.6 Å². The van der Waals surface area contributed by atoms with Crippen LogP contribution in [0, 0.1) is 5.82 Å². The Hall–Kier alpha value is -2.83. The third kappa shape index (κ3) is 3.18. The van der Waals surface area contributed by atoms with Crippen LogP contribution in [-0.4, -0.2) is 32.8 Å². The number of benzene rings is 1. The molecule has 6 nitrogen and oxygen atoms in total. The summed E-state index contributed by atoms with van der Waals surface area (Å²) in [6.45, 7) is 1.76. The van der Waals surface area contributed by atoms with Crippen LogP contribution in [0.25, 0.3) is 11.1 Å². The Balaban J connectivity index is 2.72. The molecule has 2 rings (SSSR count). The lowest BCUT2D eigenvalue weighted by Gasteiger charge is -2.05. The van der Waals surface area contributed by atoms with E-state index in [1.54, 1.807) is 6.92 Å². The molecule has 0 radical (unpaired) electrons. The molecule has 0 aliphatic carbocycles. The second-order valence-electron chi connectivity index (χ2n) is 4.39. The Morgan fingerprint density at radius 1 is 1.13 bits per heavy atom. The average Bonchev–Trinajstić information content (AvgIpc) is 2.94. The molecule has 7 heteroatoms. The number of rotatable bonds is 5. The van der Waals surface area contributed by atoms with Crippen molar-refractivity contribution in [2.45, 2.75) is 6.92 Å². The molecule has 0 amide bonds. The Bertz CT molecular complexity index is 717. The van der Waals surface area contributed by atoms with Crippen LogP contribution in [0.2, 0.25) is 0 Å². The van der Waals surface area contributed by atoms with E-state index >= 15 is 0 Å². The zero-order valence-electron chi connectivity index (χ0n) is 12.8. The van der Waals surface area contributed by atoms with Crippen LogP contribution in [0.4, 0.5) is 4.39 Å². The number of ether oxygens (including phenoxy) is 3. The highest BCUT2D eigenvalue weighted by atomic mass is 19.1. The van der Waals surface area contributed by atoms with Gasteiger partial charge in [-0.1, -0.05) is 12.1 Å². The van der Waals surface area contributed by atoms with Crippen molar-refractivity contribution in [1.82, 2.24) is 0 Å². The summed E-state index contributed by atoms with van der Waals surface area (Å²) in [7, 11) is 2.47. The Morgan fingerprint density at radius 2 is 1.78 bits per heavy atom. The van der Waals surface area contributed by atoms with Crippen molar-refractivity contribution in [2.24, 2.45) is 0 Å². The van der Waals surface area contributed by atoms with Gasteiger partial charge in [-0.25, -0.2) is 14.0 Å². The number of carbonyl (C=O) groups is 2. The fourth-order valence-electron chi connectivity index (χ4n) is 2.07. The highest BCUT2D eigenvalue weighted by molar-refractivity contribution is 6.06. The summed E-state index contributed by atoms with van der Waals surface area (Å²) in [5, 5.41) is 0. The molecule has 0 N–H and O–H groups in total. The molecule has 1 heterocycles. The van der Waals surface area contributed by atoms with Crippen LogP contribution in [0.3, 0.4) is 0 Å². The van der Waals surface area contributed by atoms with Gasteiger partial charge in [-0.3, -0.25) is 0 Å². The van der Waals surface area contributed by atoms with Crippen molar-refractivity contribution in [3.63, 3.8) is 0 Å². The maximum Gasteiger partial charge on any atom is 0.375 e. The third-order valence-electron chi connectivity index (χ3n) is 3.04. The first-order chi connectivity index (χ1) is 11.0. The van der Waals surface area contributed by atoms with Crippen LogP contribution in [-0.2, 0) is 9.47 Å². The predicted octanol–water partition coefficient (Wildman–Crippen LogP) is 3.06. The lowest BCUT2D eigenvalue weighted by atomic mass is 10.0. The predicted molar refractivity (Wildman–Crippen MR) is 78.0 cm³/mol. The quantitative estimate of drug-likeness (QED) is 0.788. The number of esters is 2. The molecular formula is C16H15FO6. The van der Waals surface area contributed by atoms with Gasteiger partial charge in [0.25, 0.3) is 0 Å². The molecule has 2 aromatic rings. The summed E-state index contributed by atoms with van der Waals surface area (Å²) >= 11 is 0. The molecule has 0 spiro atoms. The zero-order valence-corrected chi connectivity index (χ0v) is 12.8. The van der Waals surface area contributed by atoms with Crippen molar-refractivity contribution in [2.75, 3.05) is 20.8 Å². The smallest absolute Gasteiger partial charge is 0.375 e. The second kappa shape index (κ2) is 6.95. The molecule has 23 heavy (non-hydrogen) atoms. The van der Waals surface area contributed by atoms with Gasteiger partial charge in [0.05, 0.1) is 26.4 Å². The van der Waals surface area contributed by atoms with Crippen molar-refractivity contribution in [1.29, 1.82) is 0 Å².